The second kappa shape index (κ2) is 6.68. The number of fused-ring (bicyclic) bond motifs is 2. The summed E-state index contributed by atoms with van der Waals surface area (Å²) in [6.45, 7) is 11.0. The van der Waals surface area contributed by atoms with Crippen LogP contribution in [0.1, 0.15) is 45.7 Å². The number of rotatable bonds is 0. The first-order valence-corrected chi connectivity index (χ1v) is 9.29. The molecule has 2 nitrogen and oxygen atoms in total. The molecule has 0 spiro atoms. The molecule has 0 aromatic heterocycles. The molecule has 0 fully saturated rings. The maximum atomic E-state index is 3.49. The van der Waals surface area contributed by atoms with Gasteiger partial charge in [0.25, 0.3) is 0 Å². The normalized spacial score (nSPS) is 18.5. The fourth-order valence-corrected chi connectivity index (χ4v) is 3.59. The quantitative estimate of drug-likeness (QED) is 0.609. The number of allylic oxidation sites excluding steroid dienone is 1. The zero-order valence-electron chi connectivity index (χ0n) is 16.8. The summed E-state index contributed by atoms with van der Waals surface area (Å²) in [4.78, 5) is 2.31. The Bertz CT molecular complexity index is 856. The van der Waals surface area contributed by atoms with E-state index in [1.54, 1.807) is 0 Å². The van der Waals surface area contributed by atoms with Gasteiger partial charge in [-0.05, 0) is 57.9 Å². The summed E-state index contributed by atoms with van der Waals surface area (Å²) in [5, 5.41) is 3.49. The van der Waals surface area contributed by atoms with Crippen LogP contribution in [0.15, 0.2) is 60.7 Å². The van der Waals surface area contributed by atoms with Crippen molar-refractivity contribution in [1.82, 2.24) is 0 Å². The van der Waals surface area contributed by atoms with E-state index >= 15 is 0 Å². The standard InChI is InChI=1S/2C12H15N/c1-12(2)9-8-10-6-4-5-7-11(10)13(12)3;1-9-8-12(2,3)13-11-7-5-4-6-10(9)11/h4-9H,1-3H3;4-8,13H,1-3H3. The van der Waals surface area contributed by atoms with E-state index in [0.29, 0.717) is 0 Å². The van der Waals surface area contributed by atoms with Crippen LogP contribution in [-0.2, 0) is 0 Å². The van der Waals surface area contributed by atoms with E-state index in [1.807, 2.05) is 0 Å². The highest BCUT2D eigenvalue weighted by molar-refractivity contribution is 5.79. The van der Waals surface area contributed by atoms with Gasteiger partial charge in [-0.25, -0.2) is 0 Å². The molecular formula is C24H30N2. The Balaban J connectivity index is 0.000000151. The Hall–Kier alpha value is -2.48. The van der Waals surface area contributed by atoms with Crippen molar-refractivity contribution >= 4 is 23.0 Å². The molecule has 2 aromatic carbocycles. The summed E-state index contributed by atoms with van der Waals surface area (Å²) in [6, 6.07) is 16.9. The van der Waals surface area contributed by atoms with Crippen LogP contribution in [0.3, 0.4) is 0 Å². The van der Waals surface area contributed by atoms with Crippen molar-refractivity contribution in [1.29, 1.82) is 0 Å². The lowest BCUT2D eigenvalue weighted by atomic mass is 9.91. The summed E-state index contributed by atoms with van der Waals surface area (Å²) in [5.41, 5.74) is 6.76. The third-order valence-electron chi connectivity index (χ3n) is 5.22. The molecule has 2 aliphatic heterocycles. The molecule has 2 heteroatoms. The Morgan fingerprint density at radius 1 is 0.885 bits per heavy atom. The monoisotopic (exact) mass is 346 g/mol. The van der Waals surface area contributed by atoms with E-state index in [-0.39, 0.29) is 11.1 Å². The van der Waals surface area contributed by atoms with Gasteiger partial charge in [0.15, 0.2) is 0 Å². The Morgan fingerprint density at radius 2 is 1.54 bits per heavy atom. The lowest BCUT2D eigenvalue weighted by Crippen LogP contribution is -2.41. The lowest BCUT2D eigenvalue weighted by Gasteiger charge is -2.38. The average Bonchev–Trinajstić information content (AvgIpc) is 2.58. The van der Waals surface area contributed by atoms with Gasteiger partial charge in [-0.1, -0.05) is 54.6 Å². The van der Waals surface area contributed by atoms with Crippen LogP contribution in [-0.4, -0.2) is 18.1 Å². The second-order valence-corrected chi connectivity index (χ2v) is 8.32. The van der Waals surface area contributed by atoms with Crippen molar-refractivity contribution in [3.63, 3.8) is 0 Å². The Labute approximate surface area is 158 Å². The summed E-state index contributed by atoms with van der Waals surface area (Å²) in [6.07, 6.45) is 6.72. The third-order valence-corrected chi connectivity index (χ3v) is 5.22. The maximum absolute atomic E-state index is 3.49. The van der Waals surface area contributed by atoms with E-state index in [0.717, 1.165) is 0 Å². The van der Waals surface area contributed by atoms with Gasteiger partial charge in [0.2, 0.25) is 0 Å². The van der Waals surface area contributed by atoms with Gasteiger partial charge in [-0.2, -0.15) is 0 Å². The van der Waals surface area contributed by atoms with E-state index < -0.39 is 0 Å². The maximum Gasteiger partial charge on any atom is 0.0528 e. The number of para-hydroxylation sites is 2. The van der Waals surface area contributed by atoms with Crippen molar-refractivity contribution in [3.8, 4) is 0 Å². The fourth-order valence-electron chi connectivity index (χ4n) is 3.59. The van der Waals surface area contributed by atoms with Crippen LogP contribution in [0.25, 0.3) is 11.6 Å². The molecule has 2 aliphatic rings. The number of benzene rings is 2. The van der Waals surface area contributed by atoms with Crippen molar-refractivity contribution in [2.45, 2.75) is 45.7 Å². The van der Waals surface area contributed by atoms with E-state index in [2.05, 4.69) is 119 Å². The van der Waals surface area contributed by atoms with Crippen LogP contribution >= 0.6 is 0 Å². The van der Waals surface area contributed by atoms with Crippen molar-refractivity contribution in [2.75, 3.05) is 17.3 Å². The molecule has 26 heavy (non-hydrogen) atoms. The molecule has 2 heterocycles. The number of hydrogen-bond donors (Lipinski definition) is 1. The third kappa shape index (κ3) is 3.70. The number of hydrogen-bond acceptors (Lipinski definition) is 2. The molecule has 0 saturated heterocycles. The Kier molecular flexibility index (Phi) is 4.70. The van der Waals surface area contributed by atoms with Crippen LogP contribution in [0.4, 0.5) is 11.4 Å². The van der Waals surface area contributed by atoms with Gasteiger partial charge in [0, 0.05) is 24.0 Å². The molecule has 136 valence electrons. The predicted octanol–water partition coefficient (Wildman–Crippen LogP) is 6.22. The van der Waals surface area contributed by atoms with Crippen LogP contribution in [0, 0.1) is 0 Å². The smallest absolute Gasteiger partial charge is 0.0528 e. The second-order valence-electron chi connectivity index (χ2n) is 8.32. The highest BCUT2D eigenvalue weighted by atomic mass is 15.2. The van der Waals surface area contributed by atoms with Gasteiger partial charge in [-0.15, -0.1) is 0 Å². The first-order valence-electron chi connectivity index (χ1n) is 9.29. The van der Waals surface area contributed by atoms with E-state index in [4.69, 9.17) is 0 Å². The lowest BCUT2D eigenvalue weighted by molar-refractivity contribution is 0.600. The minimum atomic E-state index is 0.0818. The molecule has 0 bridgehead atoms. The zero-order chi connectivity index (χ0) is 18.9. The molecule has 2 aromatic rings. The SMILES string of the molecule is CC1=CC(C)(C)Nc2ccccc21.CN1c2ccccc2C=CC1(C)C. The molecule has 0 saturated carbocycles. The van der Waals surface area contributed by atoms with Crippen molar-refractivity contribution < 1.29 is 0 Å². The first-order chi connectivity index (χ1) is 12.2. The summed E-state index contributed by atoms with van der Waals surface area (Å²) < 4.78 is 0. The molecule has 4 rings (SSSR count). The molecular weight excluding hydrogens is 316 g/mol. The van der Waals surface area contributed by atoms with Crippen LogP contribution < -0.4 is 10.2 Å². The number of likely N-dealkylation sites (N-methyl/N-ethyl adjacent to an activating group) is 1. The van der Waals surface area contributed by atoms with Gasteiger partial charge in [0.1, 0.15) is 0 Å². The van der Waals surface area contributed by atoms with Gasteiger partial charge in [0.05, 0.1) is 11.1 Å². The Morgan fingerprint density at radius 3 is 2.31 bits per heavy atom. The highest BCUT2D eigenvalue weighted by Gasteiger charge is 2.25. The van der Waals surface area contributed by atoms with Crippen molar-refractivity contribution in [2.24, 2.45) is 0 Å². The molecule has 0 amide bonds. The summed E-state index contributed by atoms with van der Waals surface area (Å²) in [5.74, 6) is 0. The number of nitrogens with zero attached hydrogens (tertiary/aromatic N) is 1. The topological polar surface area (TPSA) is 15.3 Å². The first kappa shape index (κ1) is 18.3. The summed E-state index contributed by atoms with van der Waals surface area (Å²) in [7, 11) is 2.14. The molecule has 1 N–H and O–H groups in total. The van der Waals surface area contributed by atoms with Crippen LogP contribution in [0.5, 0.6) is 0 Å². The highest BCUT2D eigenvalue weighted by Crippen LogP contribution is 2.33. The largest absolute Gasteiger partial charge is 0.376 e. The minimum Gasteiger partial charge on any atom is -0.376 e. The average molecular weight is 347 g/mol. The van der Waals surface area contributed by atoms with Crippen LogP contribution in [0.2, 0.25) is 0 Å². The zero-order valence-corrected chi connectivity index (χ0v) is 16.8. The minimum absolute atomic E-state index is 0.0818. The van der Waals surface area contributed by atoms with Gasteiger partial charge < -0.3 is 10.2 Å². The fraction of sp³-hybridized carbons (Fsp3) is 0.333. The molecule has 0 radical (unpaired) electrons. The summed E-state index contributed by atoms with van der Waals surface area (Å²) >= 11 is 0. The van der Waals surface area contributed by atoms with E-state index in [9.17, 15) is 0 Å². The number of nitrogens with one attached hydrogen (secondary N) is 1. The molecule has 0 aliphatic carbocycles. The predicted molar refractivity (Wildman–Crippen MR) is 116 cm³/mol. The molecule has 0 unspecified atom stereocenters. The van der Waals surface area contributed by atoms with Gasteiger partial charge >= 0.3 is 0 Å². The van der Waals surface area contributed by atoms with Gasteiger partial charge in [-0.3, -0.25) is 0 Å². The molecule has 0 atom stereocenters. The number of anilines is 2. The van der Waals surface area contributed by atoms with E-state index in [1.165, 1.54) is 28.1 Å². The van der Waals surface area contributed by atoms with Crippen molar-refractivity contribution in [3.05, 3.63) is 71.8 Å².